The number of sulfonamides is 1. The van der Waals surface area contributed by atoms with Crippen molar-refractivity contribution >= 4 is 21.8 Å². The molecule has 0 aliphatic rings. The average molecular weight is 350 g/mol. The first-order valence-corrected chi connectivity index (χ1v) is 9.39. The van der Waals surface area contributed by atoms with Gasteiger partial charge in [0.25, 0.3) is 10.0 Å². The highest BCUT2D eigenvalue weighted by Gasteiger charge is 2.05. The molecule has 1 heterocycles. The summed E-state index contributed by atoms with van der Waals surface area (Å²) in [6, 6.07) is 20.6. The van der Waals surface area contributed by atoms with Crippen LogP contribution in [-0.4, -0.2) is 13.4 Å². The molecule has 1 N–H and O–H groups in total. The van der Waals surface area contributed by atoms with Crippen LogP contribution in [0.2, 0.25) is 0 Å². The molecular formula is C20H18N2O2S. The summed E-state index contributed by atoms with van der Waals surface area (Å²) in [5.74, 6) is 0. The number of nitrogens with zero attached hydrogens (tertiary/aromatic N) is 1. The summed E-state index contributed by atoms with van der Waals surface area (Å²) in [7, 11) is -3.54. The molecule has 1 aromatic heterocycles. The molecule has 126 valence electrons. The predicted octanol–water partition coefficient (Wildman–Crippen LogP) is 4.09. The maximum atomic E-state index is 12.1. The van der Waals surface area contributed by atoms with Crippen molar-refractivity contribution in [2.75, 3.05) is 4.72 Å². The van der Waals surface area contributed by atoms with Crippen LogP contribution in [0.3, 0.4) is 0 Å². The van der Waals surface area contributed by atoms with Crippen LogP contribution in [-0.2, 0) is 16.4 Å². The van der Waals surface area contributed by atoms with Crippen LogP contribution in [0.25, 0.3) is 6.08 Å². The van der Waals surface area contributed by atoms with E-state index >= 15 is 0 Å². The first-order chi connectivity index (χ1) is 12.1. The summed E-state index contributed by atoms with van der Waals surface area (Å²) in [5, 5.41) is 1.17. The maximum Gasteiger partial charge on any atom is 0.255 e. The molecule has 0 saturated carbocycles. The van der Waals surface area contributed by atoms with Crippen LogP contribution in [0.5, 0.6) is 0 Å². The third-order valence-electron chi connectivity index (χ3n) is 3.61. The SMILES string of the molecule is O=S(=O)(/C=C/c1ccccc1)Nc1ccc(Cc2ccncc2)cc1. The number of anilines is 1. The maximum absolute atomic E-state index is 12.1. The minimum atomic E-state index is -3.54. The second-order valence-electron chi connectivity index (χ2n) is 5.59. The summed E-state index contributed by atoms with van der Waals surface area (Å²) in [4.78, 5) is 4.00. The van der Waals surface area contributed by atoms with Crippen LogP contribution in [0, 0.1) is 0 Å². The molecule has 0 aliphatic heterocycles. The molecule has 0 fully saturated rings. The van der Waals surface area contributed by atoms with Crippen LogP contribution in [0.4, 0.5) is 5.69 Å². The Hall–Kier alpha value is -2.92. The zero-order valence-electron chi connectivity index (χ0n) is 13.5. The Morgan fingerprint density at radius 2 is 1.48 bits per heavy atom. The van der Waals surface area contributed by atoms with Crippen molar-refractivity contribution < 1.29 is 8.42 Å². The van der Waals surface area contributed by atoms with E-state index in [0.717, 1.165) is 23.1 Å². The van der Waals surface area contributed by atoms with Crippen molar-refractivity contribution in [3.63, 3.8) is 0 Å². The molecule has 5 heteroatoms. The van der Waals surface area contributed by atoms with Gasteiger partial charge in [-0.3, -0.25) is 9.71 Å². The van der Waals surface area contributed by atoms with Gasteiger partial charge in [-0.2, -0.15) is 0 Å². The van der Waals surface area contributed by atoms with E-state index in [-0.39, 0.29) is 0 Å². The Balaban J connectivity index is 1.65. The van der Waals surface area contributed by atoms with Crippen LogP contribution in [0.15, 0.2) is 84.5 Å². The molecule has 0 amide bonds. The molecule has 0 aliphatic carbocycles. The van der Waals surface area contributed by atoms with Crippen molar-refractivity contribution in [2.45, 2.75) is 6.42 Å². The highest BCUT2D eigenvalue weighted by Crippen LogP contribution is 2.15. The van der Waals surface area contributed by atoms with Gasteiger partial charge in [-0.15, -0.1) is 0 Å². The van der Waals surface area contributed by atoms with Crippen LogP contribution >= 0.6 is 0 Å². The van der Waals surface area contributed by atoms with Gasteiger partial charge in [-0.1, -0.05) is 42.5 Å². The lowest BCUT2D eigenvalue weighted by Gasteiger charge is -2.06. The van der Waals surface area contributed by atoms with E-state index in [4.69, 9.17) is 0 Å². The highest BCUT2D eigenvalue weighted by atomic mass is 32.2. The topological polar surface area (TPSA) is 59.1 Å². The van der Waals surface area contributed by atoms with E-state index in [1.807, 2.05) is 54.6 Å². The zero-order chi connectivity index (χ0) is 17.5. The highest BCUT2D eigenvalue weighted by molar-refractivity contribution is 7.95. The van der Waals surface area contributed by atoms with Crippen molar-refractivity contribution in [3.8, 4) is 0 Å². The summed E-state index contributed by atoms with van der Waals surface area (Å²) < 4.78 is 26.8. The molecule has 0 radical (unpaired) electrons. The summed E-state index contributed by atoms with van der Waals surface area (Å²) in [6.07, 6.45) is 5.87. The number of hydrogen-bond acceptors (Lipinski definition) is 3. The van der Waals surface area contributed by atoms with Crippen molar-refractivity contribution in [2.24, 2.45) is 0 Å². The largest absolute Gasteiger partial charge is 0.280 e. The third-order valence-corrected chi connectivity index (χ3v) is 4.63. The molecule has 0 unspecified atom stereocenters. The van der Waals surface area contributed by atoms with Gasteiger partial charge in [0.1, 0.15) is 0 Å². The molecule has 0 bridgehead atoms. The zero-order valence-corrected chi connectivity index (χ0v) is 14.4. The first kappa shape index (κ1) is 16.9. The van der Waals surface area contributed by atoms with Gasteiger partial charge in [0, 0.05) is 18.1 Å². The van der Waals surface area contributed by atoms with Gasteiger partial charge in [-0.25, -0.2) is 8.42 Å². The Morgan fingerprint density at radius 1 is 0.840 bits per heavy atom. The molecule has 0 spiro atoms. The molecule has 4 nitrogen and oxygen atoms in total. The standard InChI is InChI=1S/C20H18N2O2S/c23-25(24,15-12-17-4-2-1-3-5-17)22-20-8-6-18(7-9-20)16-19-10-13-21-14-11-19/h1-15,22H,16H2/b15-12+. The quantitative estimate of drug-likeness (QED) is 0.728. The third kappa shape index (κ3) is 5.29. The Morgan fingerprint density at radius 3 is 2.16 bits per heavy atom. The molecular weight excluding hydrogens is 332 g/mol. The van der Waals surface area contributed by atoms with Gasteiger partial charge >= 0.3 is 0 Å². The molecule has 25 heavy (non-hydrogen) atoms. The Bertz CT molecular complexity index is 936. The van der Waals surface area contributed by atoms with Gasteiger partial charge in [-0.05, 0) is 53.5 Å². The van der Waals surface area contributed by atoms with E-state index in [1.165, 1.54) is 5.41 Å². The van der Waals surface area contributed by atoms with E-state index < -0.39 is 10.0 Å². The Labute approximate surface area is 147 Å². The lowest BCUT2D eigenvalue weighted by Crippen LogP contribution is -2.08. The van der Waals surface area contributed by atoms with Crippen LogP contribution in [0.1, 0.15) is 16.7 Å². The van der Waals surface area contributed by atoms with E-state index in [1.54, 1.807) is 30.6 Å². The number of hydrogen-bond donors (Lipinski definition) is 1. The Kier molecular flexibility index (Phi) is 5.26. The van der Waals surface area contributed by atoms with Gasteiger partial charge in [0.15, 0.2) is 0 Å². The number of aromatic nitrogens is 1. The molecule has 0 saturated heterocycles. The van der Waals surface area contributed by atoms with Crippen LogP contribution < -0.4 is 4.72 Å². The lowest BCUT2D eigenvalue weighted by molar-refractivity contribution is 0.609. The molecule has 2 aromatic carbocycles. The van der Waals surface area contributed by atoms with E-state index in [0.29, 0.717) is 5.69 Å². The van der Waals surface area contributed by atoms with Gasteiger partial charge in [0.2, 0.25) is 0 Å². The average Bonchev–Trinajstić information content (AvgIpc) is 2.63. The monoisotopic (exact) mass is 350 g/mol. The number of nitrogens with one attached hydrogen (secondary N) is 1. The smallest absolute Gasteiger partial charge is 0.255 e. The van der Waals surface area contributed by atoms with Crippen molar-refractivity contribution in [3.05, 3.63) is 101 Å². The lowest BCUT2D eigenvalue weighted by atomic mass is 10.1. The summed E-state index contributed by atoms with van der Waals surface area (Å²) >= 11 is 0. The fourth-order valence-electron chi connectivity index (χ4n) is 2.36. The van der Waals surface area contributed by atoms with E-state index in [9.17, 15) is 8.42 Å². The second kappa shape index (κ2) is 7.77. The molecule has 3 rings (SSSR count). The van der Waals surface area contributed by atoms with E-state index in [2.05, 4.69) is 9.71 Å². The fraction of sp³-hybridized carbons (Fsp3) is 0.0500. The van der Waals surface area contributed by atoms with Crippen molar-refractivity contribution in [1.29, 1.82) is 0 Å². The first-order valence-electron chi connectivity index (χ1n) is 7.84. The number of rotatable bonds is 6. The van der Waals surface area contributed by atoms with Gasteiger partial charge in [0.05, 0.1) is 5.41 Å². The predicted molar refractivity (Wildman–Crippen MR) is 102 cm³/mol. The number of pyridine rings is 1. The number of benzene rings is 2. The summed E-state index contributed by atoms with van der Waals surface area (Å²) in [5.41, 5.74) is 3.64. The normalized spacial score (nSPS) is 11.5. The van der Waals surface area contributed by atoms with Gasteiger partial charge < -0.3 is 0 Å². The summed E-state index contributed by atoms with van der Waals surface area (Å²) in [6.45, 7) is 0. The minimum absolute atomic E-state index is 0.538. The molecule has 3 aromatic rings. The fourth-order valence-corrected chi connectivity index (χ4v) is 3.23. The van der Waals surface area contributed by atoms with Crippen molar-refractivity contribution in [1.82, 2.24) is 4.98 Å². The molecule has 0 atom stereocenters. The second-order valence-corrected chi connectivity index (χ2v) is 7.16. The minimum Gasteiger partial charge on any atom is -0.280 e.